The number of likely N-dealkylation sites (tertiary alicyclic amines) is 1. The molecule has 5 nitrogen and oxygen atoms in total. The average Bonchev–Trinajstić information content (AvgIpc) is 3.32. The summed E-state index contributed by atoms with van der Waals surface area (Å²) in [5.74, 6) is -0.398. The molecule has 2 aliphatic rings. The van der Waals surface area contributed by atoms with Gasteiger partial charge in [0.05, 0.1) is 12.0 Å². The number of rotatable bonds is 7. The number of hydrogen-bond acceptors (Lipinski definition) is 3. The minimum absolute atomic E-state index is 0.101. The first-order valence-electron chi connectivity index (χ1n) is 10.6. The highest BCUT2D eigenvalue weighted by Crippen LogP contribution is 2.48. The van der Waals surface area contributed by atoms with Crippen molar-refractivity contribution in [2.75, 3.05) is 19.6 Å². The van der Waals surface area contributed by atoms with Gasteiger partial charge in [-0.05, 0) is 50.7 Å². The Balaban J connectivity index is 1.44. The zero-order chi connectivity index (χ0) is 20.6. The van der Waals surface area contributed by atoms with Crippen molar-refractivity contribution < 1.29 is 14.7 Å². The molecular weight excluding hydrogens is 364 g/mol. The van der Waals surface area contributed by atoms with Gasteiger partial charge in [0.25, 0.3) is 0 Å². The fourth-order valence-corrected chi connectivity index (χ4v) is 5.46. The topological polar surface area (TPSA) is 62.5 Å². The van der Waals surface area contributed by atoms with E-state index in [-0.39, 0.29) is 11.7 Å². The smallest absolute Gasteiger partial charge is 0.311 e. The minimum Gasteiger partial charge on any atom is -0.481 e. The van der Waals surface area contributed by atoms with Gasteiger partial charge in [-0.15, -0.1) is 0 Å². The van der Waals surface area contributed by atoms with Gasteiger partial charge in [0.15, 0.2) is 5.78 Å². The van der Waals surface area contributed by atoms with Crippen LogP contribution in [0.4, 0.5) is 0 Å². The molecule has 5 heteroatoms. The first-order valence-corrected chi connectivity index (χ1v) is 10.6. The molecule has 0 unspecified atom stereocenters. The monoisotopic (exact) mass is 394 g/mol. The fourth-order valence-electron chi connectivity index (χ4n) is 5.46. The van der Waals surface area contributed by atoms with Gasteiger partial charge >= 0.3 is 5.97 Å². The van der Waals surface area contributed by atoms with E-state index in [1.807, 2.05) is 19.1 Å². The van der Waals surface area contributed by atoms with E-state index < -0.39 is 11.4 Å². The summed E-state index contributed by atoms with van der Waals surface area (Å²) in [5, 5.41) is 9.77. The van der Waals surface area contributed by atoms with Crippen molar-refractivity contribution in [3.05, 3.63) is 58.9 Å². The summed E-state index contributed by atoms with van der Waals surface area (Å²) >= 11 is 0. The number of carboxylic acid groups (broad SMARTS) is 1. The minimum atomic E-state index is -0.686. The Bertz CT molecular complexity index is 918. The molecule has 1 aromatic heterocycles. The second kappa shape index (κ2) is 7.79. The van der Waals surface area contributed by atoms with Crippen LogP contribution in [-0.2, 0) is 17.8 Å². The van der Waals surface area contributed by atoms with E-state index in [0.717, 1.165) is 55.7 Å². The van der Waals surface area contributed by atoms with Gasteiger partial charge in [-0.1, -0.05) is 36.8 Å². The van der Waals surface area contributed by atoms with E-state index in [9.17, 15) is 14.7 Å². The molecule has 0 radical (unpaired) electrons. The molecular formula is C24H30N2O3. The first kappa shape index (κ1) is 19.9. The number of carbonyl (C=O) groups excluding carboxylic acids is 1. The van der Waals surface area contributed by atoms with Crippen molar-refractivity contribution in [1.82, 2.24) is 9.47 Å². The molecule has 0 amide bonds. The zero-order valence-electron chi connectivity index (χ0n) is 17.4. The summed E-state index contributed by atoms with van der Waals surface area (Å²) in [6.07, 6.45) is 3.62. The van der Waals surface area contributed by atoms with Crippen molar-refractivity contribution in [2.45, 2.75) is 46.1 Å². The number of ketones is 1. The Morgan fingerprint density at radius 1 is 1.21 bits per heavy atom. The Kier molecular flexibility index (Phi) is 5.34. The van der Waals surface area contributed by atoms with Crippen molar-refractivity contribution >= 4 is 11.8 Å². The maximum absolute atomic E-state index is 13.1. The molecule has 1 aromatic carbocycles. The molecule has 0 spiro atoms. The van der Waals surface area contributed by atoms with Crippen LogP contribution in [0.25, 0.3) is 0 Å². The highest BCUT2D eigenvalue weighted by atomic mass is 16.4. The molecule has 2 fully saturated rings. The fraction of sp³-hybridized carbons (Fsp3) is 0.500. The molecule has 1 N–H and O–H groups in total. The number of nitrogens with zero attached hydrogens (tertiary/aromatic N) is 2. The summed E-state index contributed by atoms with van der Waals surface area (Å²) in [4.78, 5) is 27.0. The predicted octanol–water partition coefficient (Wildman–Crippen LogP) is 3.72. The van der Waals surface area contributed by atoms with Crippen molar-refractivity contribution in [2.24, 2.45) is 11.3 Å². The Hall–Kier alpha value is -2.40. The summed E-state index contributed by atoms with van der Waals surface area (Å²) < 4.78 is 2.22. The normalized spacial score (nSPS) is 24.0. The highest BCUT2D eigenvalue weighted by molar-refractivity contribution is 5.99. The van der Waals surface area contributed by atoms with Gasteiger partial charge in [-0.2, -0.15) is 0 Å². The lowest BCUT2D eigenvalue weighted by Gasteiger charge is -2.23. The summed E-state index contributed by atoms with van der Waals surface area (Å²) in [6.45, 7) is 6.46. The summed E-state index contributed by atoms with van der Waals surface area (Å²) in [7, 11) is 0. The molecule has 0 bridgehead atoms. The lowest BCUT2D eigenvalue weighted by Crippen LogP contribution is -2.36. The van der Waals surface area contributed by atoms with Crippen molar-refractivity contribution in [3.8, 4) is 0 Å². The van der Waals surface area contributed by atoms with E-state index in [1.165, 1.54) is 5.56 Å². The molecule has 2 aromatic rings. The summed E-state index contributed by atoms with van der Waals surface area (Å²) in [6, 6.07) is 12.4. The predicted molar refractivity (Wildman–Crippen MR) is 112 cm³/mol. The largest absolute Gasteiger partial charge is 0.481 e. The third-order valence-corrected chi connectivity index (χ3v) is 7.08. The van der Waals surface area contributed by atoms with Crippen LogP contribution in [0.5, 0.6) is 0 Å². The van der Waals surface area contributed by atoms with Crippen molar-refractivity contribution in [1.29, 1.82) is 0 Å². The third-order valence-electron chi connectivity index (χ3n) is 7.08. The van der Waals surface area contributed by atoms with Crippen LogP contribution in [0.1, 0.15) is 46.6 Å². The second-order valence-corrected chi connectivity index (χ2v) is 8.82. The van der Waals surface area contributed by atoms with Gasteiger partial charge in [0.2, 0.25) is 0 Å². The van der Waals surface area contributed by atoms with Crippen LogP contribution in [0, 0.1) is 25.2 Å². The Morgan fingerprint density at radius 3 is 2.66 bits per heavy atom. The number of carboxylic acids is 1. The highest BCUT2D eigenvalue weighted by Gasteiger charge is 2.54. The van der Waals surface area contributed by atoms with Gasteiger partial charge < -0.3 is 9.67 Å². The molecule has 1 saturated heterocycles. The Morgan fingerprint density at radius 2 is 1.97 bits per heavy atom. The van der Waals surface area contributed by atoms with Gasteiger partial charge in [0, 0.05) is 36.6 Å². The first-order chi connectivity index (χ1) is 13.9. The lowest BCUT2D eigenvalue weighted by atomic mass is 9.81. The average molecular weight is 395 g/mol. The number of fused-ring (bicyclic) bond motifs is 1. The number of hydrogen-bond donors (Lipinski definition) is 1. The number of aromatic nitrogens is 1. The number of Topliss-reactive ketones (excluding diaryl/α,β-unsaturated/α-hetero) is 1. The number of carbonyl (C=O) groups is 2. The van der Waals surface area contributed by atoms with E-state index >= 15 is 0 Å². The van der Waals surface area contributed by atoms with Gasteiger partial charge in [-0.25, -0.2) is 0 Å². The van der Waals surface area contributed by atoms with Crippen LogP contribution < -0.4 is 0 Å². The maximum Gasteiger partial charge on any atom is 0.311 e. The molecule has 2 heterocycles. The molecule has 4 rings (SSSR count). The SMILES string of the molecule is Cc1cc(C(=O)CN2C[C@@H]3CCC[C@@]3(C(=O)O)C2)c(C)n1CCc1ccccc1. The van der Waals surface area contributed by atoms with Gasteiger partial charge in [0.1, 0.15) is 0 Å². The molecule has 154 valence electrons. The van der Waals surface area contributed by atoms with Crippen LogP contribution in [-0.4, -0.2) is 46.0 Å². The molecule has 1 saturated carbocycles. The van der Waals surface area contributed by atoms with Crippen LogP contribution in [0.15, 0.2) is 36.4 Å². The zero-order valence-corrected chi connectivity index (χ0v) is 17.4. The van der Waals surface area contributed by atoms with E-state index in [1.54, 1.807) is 0 Å². The third kappa shape index (κ3) is 3.64. The molecule has 29 heavy (non-hydrogen) atoms. The molecule has 1 aliphatic heterocycles. The second-order valence-electron chi connectivity index (χ2n) is 8.82. The number of benzene rings is 1. The lowest BCUT2D eigenvalue weighted by molar-refractivity contribution is -0.149. The van der Waals surface area contributed by atoms with Gasteiger partial charge in [-0.3, -0.25) is 14.5 Å². The van der Waals surface area contributed by atoms with E-state index in [4.69, 9.17) is 0 Å². The van der Waals surface area contributed by atoms with E-state index in [0.29, 0.717) is 13.1 Å². The number of aryl methyl sites for hydroxylation is 2. The van der Waals surface area contributed by atoms with Crippen LogP contribution in [0.2, 0.25) is 0 Å². The maximum atomic E-state index is 13.1. The number of aliphatic carboxylic acids is 1. The molecule has 2 atom stereocenters. The van der Waals surface area contributed by atoms with Crippen LogP contribution in [0.3, 0.4) is 0 Å². The van der Waals surface area contributed by atoms with Crippen molar-refractivity contribution in [3.63, 3.8) is 0 Å². The van der Waals surface area contributed by atoms with E-state index in [2.05, 4.69) is 40.7 Å². The standard InChI is InChI=1S/C24H30N2O3/c1-17-13-21(18(2)26(17)12-10-19-7-4-3-5-8-19)22(27)15-25-14-20-9-6-11-24(20,16-25)23(28)29/h3-5,7-8,13,20H,6,9-12,14-16H2,1-2H3,(H,28,29)/t20-,24+/m0/s1. The quantitative estimate of drug-likeness (QED) is 0.727. The summed E-state index contributed by atoms with van der Waals surface area (Å²) in [5.41, 5.74) is 3.54. The Labute approximate surface area is 172 Å². The van der Waals surface area contributed by atoms with Crippen LogP contribution >= 0.6 is 0 Å². The molecule has 1 aliphatic carbocycles.